The van der Waals surface area contributed by atoms with E-state index in [-0.39, 0.29) is 31.6 Å². The smallest absolute Gasteiger partial charge is 0.410 e. The Balaban J connectivity index is 1.61. The summed E-state index contributed by atoms with van der Waals surface area (Å²) < 4.78 is 33.6. The first-order valence-electron chi connectivity index (χ1n) is 12.2. The van der Waals surface area contributed by atoms with E-state index < -0.39 is 28.4 Å². The number of carbonyl (C=O) groups is 1. The highest BCUT2D eigenvalue weighted by atomic mass is 32.2. The van der Waals surface area contributed by atoms with Crippen LogP contribution in [0.2, 0.25) is 0 Å². The van der Waals surface area contributed by atoms with Gasteiger partial charge in [-0.15, -0.1) is 6.58 Å². The first-order chi connectivity index (χ1) is 17.8. The van der Waals surface area contributed by atoms with Gasteiger partial charge in [-0.25, -0.2) is 4.79 Å². The van der Waals surface area contributed by atoms with E-state index in [0.717, 1.165) is 22.7 Å². The Morgan fingerprint density at radius 3 is 2.65 bits per heavy atom. The largest absolute Gasteiger partial charge is 0.445 e. The molecule has 3 aromatic rings. The Kier molecular flexibility index (Phi) is 8.58. The van der Waals surface area contributed by atoms with Crippen molar-refractivity contribution < 1.29 is 27.2 Å². The van der Waals surface area contributed by atoms with Crippen LogP contribution in [0.25, 0.3) is 10.9 Å². The van der Waals surface area contributed by atoms with Gasteiger partial charge in [0.2, 0.25) is 0 Å². The zero-order valence-corrected chi connectivity index (χ0v) is 21.6. The van der Waals surface area contributed by atoms with Crippen molar-refractivity contribution in [2.24, 2.45) is 11.8 Å². The third-order valence-electron chi connectivity index (χ3n) is 6.85. The molecular formula is C28H32N2O6S. The highest BCUT2D eigenvalue weighted by molar-refractivity contribution is 7.85. The molecule has 2 aromatic carbocycles. The van der Waals surface area contributed by atoms with Crippen LogP contribution in [0, 0.1) is 11.8 Å². The maximum atomic E-state index is 13.3. The zero-order chi connectivity index (χ0) is 26.4. The number of carbonyl (C=O) groups excluding carboxylic acids is 1. The minimum atomic E-state index is -3.57. The van der Waals surface area contributed by atoms with E-state index in [9.17, 15) is 18.3 Å². The number of para-hydroxylation sites is 1. The molecule has 1 amide bonds. The van der Waals surface area contributed by atoms with Crippen LogP contribution in [0.1, 0.15) is 30.1 Å². The molecule has 0 aliphatic carbocycles. The Hall–Kier alpha value is -3.27. The third kappa shape index (κ3) is 6.74. The Labute approximate surface area is 217 Å². The topological polar surface area (TPSA) is 106 Å². The molecule has 4 atom stereocenters. The van der Waals surface area contributed by atoms with Crippen molar-refractivity contribution >= 4 is 27.1 Å². The number of hydrogen-bond acceptors (Lipinski definition) is 7. The summed E-state index contributed by atoms with van der Waals surface area (Å²) in [5.74, 6) is -0.171. The summed E-state index contributed by atoms with van der Waals surface area (Å²) in [6.07, 6.45) is 3.76. The molecule has 196 valence electrons. The SMILES string of the molecule is C=C[C@@H]1CN(C(=O)OCc2ccccc2)[C@@H]([C@@H](O)c2ccnc3ccccc23)C[C@H]1CCOS(C)(=O)=O. The molecule has 2 heterocycles. The number of aromatic nitrogens is 1. The normalized spacial score (nSPS) is 20.9. The molecule has 1 fully saturated rings. The standard InChI is InChI=1S/C28H32N2O6S/c1-3-21-18-30(28(32)35-19-20-9-5-4-6-10-20)26(17-22(21)14-16-36-37(2,33)34)27(31)24-13-15-29-25-12-8-7-11-23(24)25/h3-13,15,21-22,26-27,31H,1,14,16-19H2,2H3/t21-,22-,26-,27+/m1/s1. The monoisotopic (exact) mass is 524 g/mol. The van der Waals surface area contributed by atoms with Crippen molar-refractivity contribution in [2.75, 3.05) is 19.4 Å². The lowest BCUT2D eigenvalue weighted by Crippen LogP contribution is -2.52. The van der Waals surface area contributed by atoms with Gasteiger partial charge in [0, 0.05) is 18.1 Å². The number of nitrogens with zero attached hydrogens (tertiary/aromatic N) is 2. The molecule has 0 saturated carbocycles. The molecule has 0 unspecified atom stereocenters. The molecule has 0 radical (unpaired) electrons. The van der Waals surface area contributed by atoms with E-state index in [4.69, 9.17) is 8.92 Å². The number of amides is 1. The summed E-state index contributed by atoms with van der Waals surface area (Å²) in [5.41, 5.74) is 2.27. The lowest BCUT2D eigenvalue weighted by molar-refractivity contribution is -0.0133. The van der Waals surface area contributed by atoms with Gasteiger partial charge in [0.15, 0.2) is 0 Å². The highest BCUT2D eigenvalue weighted by Gasteiger charge is 2.41. The average molecular weight is 525 g/mol. The molecule has 4 rings (SSSR count). The van der Waals surface area contributed by atoms with Gasteiger partial charge in [0.1, 0.15) is 12.7 Å². The van der Waals surface area contributed by atoms with E-state index in [0.29, 0.717) is 18.4 Å². The molecule has 1 saturated heterocycles. The molecule has 0 spiro atoms. The number of piperidine rings is 1. The van der Waals surface area contributed by atoms with E-state index in [1.54, 1.807) is 23.2 Å². The van der Waals surface area contributed by atoms with Crippen molar-refractivity contribution in [3.05, 3.63) is 90.6 Å². The van der Waals surface area contributed by atoms with Gasteiger partial charge < -0.3 is 14.7 Å². The number of likely N-dealkylation sites (tertiary alicyclic amines) is 1. The minimum Gasteiger partial charge on any atom is -0.445 e. The molecule has 8 nitrogen and oxygen atoms in total. The number of aliphatic hydroxyl groups is 1. The van der Waals surface area contributed by atoms with Crippen molar-refractivity contribution in [3.8, 4) is 0 Å². The molecule has 1 N–H and O–H groups in total. The second-order valence-corrected chi connectivity index (χ2v) is 11.0. The second kappa shape index (κ2) is 11.9. The van der Waals surface area contributed by atoms with E-state index in [1.807, 2.05) is 54.6 Å². The second-order valence-electron chi connectivity index (χ2n) is 9.33. The number of aliphatic hydroxyl groups excluding tert-OH is 1. The van der Waals surface area contributed by atoms with Crippen molar-refractivity contribution in [1.29, 1.82) is 0 Å². The quantitative estimate of drug-likeness (QED) is 0.325. The van der Waals surface area contributed by atoms with Gasteiger partial charge in [-0.05, 0) is 47.9 Å². The van der Waals surface area contributed by atoms with Crippen molar-refractivity contribution in [1.82, 2.24) is 9.88 Å². The number of benzene rings is 2. The van der Waals surface area contributed by atoms with Crippen LogP contribution in [-0.4, -0.2) is 55.0 Å². The van der Waals surface area contributed by atoms with Gasteiger partial charge in [0.05, 0.1) is 24.4 Å². The van der Waals surface area contributed by atoms with E-state index in [1.165, 1.54) is 0 Å². The maximum absolute atomic E-state index is 13.3. The van der Waals surface area contributed by atoms with Gasteiger partial charge in [-0.3, -0.25) is 9.17 Å². The van der Waals surface area contributed by atoms with E-state index in [2.05, 4.69) is 11.6 Å². The summed E-state index contributed by atoms with van der Waals surface area (Å²) in [4.78, 5) is 19.3. The molecule has 0 bridgehead atoms. The van der Waals surface area contributed by atoms with Crippen LogP contribution in [0.5, 0.6) is 0 Å². The minimum absolute atomic E-state index is 0.0211. The fraction of sp³-hybridized carbons (Fsp3) is 0.357. The van der Waals surface area contributed by atoms with Crippen LogP contribution in [-0.2, 0) is 25.6 Å². The molecule has 37 heavy (non-hydrogen) atoms. The molecule has 1 aliphatic heterocycles. The highest BCUT2D eigenvalue weighted by Crippen LogP contribution is 2.38. The fourth-order valence-corrected chi connectivity index (χ4v) is 5.37. The van der Waals surface area contributed by atoms with Gasteiger partial charge in [-0.2, -0.15) is 8.42 Å². The summed E-state index contributed by atoms with van der Waals surface area (Å²) in [7, 11) is -3.57. The van der Waals surface area contributed by atoms with Crippen LogP contribution in [0.15, 0.2) is 79.5 Å². The molecule has 9 heteroatoms. The number of pyridine rings is 1. The lowest BCUT2D eigenvalue weighted by atomic mass is 9.77. The van der Waals surface area contributed by atoms with Crippen LogP contribution >= 0.6 is 0 Å². The van der Waals surface area contributed by atoms with Crippen molar-refractivity contribution in [2.45, 2.75) is 31.6 Å². The van der Waals surface area contributed by atoms with Crippen LogP contribution in [0.4, 0.5) is 4.79 Å². The Bertz CT molecular complexity index is 1330. The summed E-state index contributed by atoms with van der Waals surface area (Å²) in [5, 5.41) is 12.5. The number of hydrogen-bond donors (Lipinski definition) is 1. The Morgan fingerprint density at radius 2 is 1.92 bits per heavy atom. The first kappa shape index (κ1) is 26.8. The number of fused-ring (bicyclic) bond motifs is 1. The number of rotatable bonds is 9. The summed E-state index contributed by atoms with van der Waals surface area (Å²) in [6, 6.07) is 18.1. The van der Waals surface area contributed by atoms with Gasteiger partial charge in [-0.1, -0.05) is 54.6 Å². The fourth-order valence-electron chi connectivity index (χ4n) is 4.97. The van der Waals surface area contributed by atoms with Crippen LogP contribution in [0.3, 0.4) is 0 Å². The predicted octanol–water partition coefficient (Wildman–Crippen LogP) is 4.46. The first-order valence-corrected chi connectivity index (χ1v) is 14.0. The molecule has 1 aromatic heterocycles. The summed E-state index contributed by atoms with van der Waals surface area (Å²) >= 11 is 0. The Morgan fingerprint density at radius 1 is 1.19 bits per heavy atom. The average Bonchev–Trinajstić information content (AvgIpc) is 2.90. The van der Waals surface area contributed by atoms with Gasteiger partial charge >= 0.3 is 6.09 Å². The molecular weight excluding hydrogens is 492 g/mol. The van der Waals surface area contributed by atoms with Crippen LogP contribution < -0.4 is 0 Å². The van der Waals surface area contributed by atoms with Gasteiger partial charge in [0.25, 0.3) is 10.1 Å². The van der Waals surface area contributed by atoms with Crippen molar-refractivity contribution in [3.63, 3.8) is 0 Å². The van der Waals surface area contributed by atoms with E-state index >= 15 is 0 Å². The zero-order valence-electron chi connectivity index (χ0n) is 20.8. The maximum Gasteiger partial charge on any atom is 0.410 e. The molecule has 1 aliphatic rings. The summed E-state index contributed by atoms with van der Waals surface area (Å²) in [6.45, 7) is 4.36. The lowest BCUT2D eigenvalue weighted by Gasteiger charge is -2.44. The number of ether oxygens (including phenoxy) is 1. The predicted molar refractivity (Wildman–Crippen MR) is 141 cm³/mol. The third-order valence-corrected chi connectivity index (χ3v) is 7.45.